The van der Waals surface area contributed by atoms with Gasteiger partial charge in [0.25, 0.3) is 0 Å². The van der Waals surface area contributed by atoms with Crippen LogP contribution in [-0.4, -0.2) is 54.0 Å². The molecule has 1 aliphatic heterocycles. The molecule has 0 amide bonds. The van der Waals surface area contributed by atoms with Crippen molar-refractivity contribution in [1.29, 1.82) is 0 Å². The molecule has 37 heavy (non-hydrogen) atoms. The maximum atomic E-state index is 10.6. The Morgan fingerprint density at radius 1 is 1.19 bits per heavy atom. The molecule has 0 aliphatic carbocycles. The summed E-state index contributed by atoms with van der Waals surface area (Å²) in [7, 11) is 0. The predicted molar refractivity (Wildman–Crippen MR) is 147 cm³/mol. The molecule has 1 aliphatic rings. The van der Waals surface area contributed by atoms with Gasteiger partial charge in [0.2, 0.25) is 5.95 Å². The number of hydrogen-bond donors (Lipinski definition) is 5. The van der Waals surface area contributed by atoms with E-state index in [9.17, 15) is 5.11 Å². The summed E-state index contributed by atoms with van der Waals surface area (Å²) in [6, 6.07) is 6.26. The van der Waals surface area contributed by atoms with Gasteiger partial charge in [0.05, 0.1) is 6.33 Å². The lowest BCUT2D eigenvalue weighted by molar-refractivity contribution is 0.0744. The number of nitrogens with zero attached hydrogens (tertiary/aromatic N) is 5. The number of aromatic amines is 1. The molecule has 0 radical (unpaired) electrons. The summed E-state index contributed by atoms with van der Waals surface area (Å²) in [4.78, 5) is 14.3. The van der Waals surface area contributed by atoms with Crippen LogP contribution < -0.4 is 16.0 Å². The topological polar surface area (TPSA) is 129 Å². The first-order chi connectivity index (χ1) is 17.7. The highest BCUT2D eigenvalue weighted by atomic mass is 35.5. The van der Waals surface area contributed by atoms with E-state index in [0.717, 1.165) is 48.3 Å². The summed E-state index contributed by atoms with van der Waals surface area (Å²) in [5.41, 5.74) is 3.50. The molecule has 0 bridgehead atoms. The summed E-state index contributed by atoms with van der Waals surface area (Å²) in [6.45, 7) is 10.0. The number of hydrogen-bond acceptors (Lipinski definition) is 8. The summed E-state index contributed by atoms with van der Waals surface area (Å²) < 4.78 is 2.05. The van der Waals surface area contributed by atoms with Crippen molar-refractivity contribution < 1.29 is 5.11 Å². The average molecular weight is 524 g/mol. The zero-order valence-corrected chi connectivity index (χ0v) is 22.4. The Morgan fingerprint density at radius 3 is 2.70 bits per heavy atom. The third-order valence-corrected chi connectivity index (χ3v) is 7.07. The maximum Gasteiger partial charge on any atom is 0.227 e. The molecule has 0 atom stereocenters. The molecule has 4 heterocycles. The summed E-state index contributed by atoms with van der Waals surface area (Å²) >= 11 is 6.70. The van der Waals surface area contributed by atoms with Gasteiger partial charge >= 0.3 is 0 Å². The van der Waals surface area contributed by atoms with Gasteiger partial charge in [-0.05, 0) is 70.8 Å². The van der Waals surface area contributed by atoms with E-state index in [4.69, 9.17) is 21.6 Å². The lowest BCUT2D eigenvalue weighted by atomic mass is 9.94. The SMILES string of the molecule is CC(C)n1cnc2c(NCc3c(Cl)cccc3-c3c[nH]nc3C(C)(C)O)nc(NC3CCNCC3)nc21. The Labute approximate surface area is 221 Å². The van der Waals surface area contributed by atoms with Crippen LogP contribution in [-0.2, 0) is 12.1 Å². The number of imidazole rings is 1. The fourth-order valence-electron chi connectivity index (χ4n) is 4.76. The number of aromatic nitrogens is 6. The van der Waals surface area contributed by atoms with E-state index in [2.05, 4.69) is 49.5 Å². The quantitative estimate of drug-likeness (QED) is 0.229. The number of aliphatic hydroxyl groups is 1. The summed E-state index contributed by atoms with van der Waals surface area (Å²) in [5, 5.41) is 28.8. The van der Waals surface area contributed by atoms with Crippen molar-refractivity contribution in [2.45, 2.75) is 64.8 Å². The van der Waals surface area contributed by atoms with E-state index in [1.807, 2.05) is 24.5 Å². The monoisotopic (exact) mass is 523 g/mol. The zero-order chi connectivity index (χ0) is 26.2. The van der Waals surface area contributed by atoms with Crippen LogP contribution in [0.25, 0.3) is 22.3 Å². The van der Waals surface area contributed by atoms with Crippen molar-refractivity contribution in [3.63, 3.8) is 0 Å². The van der Waals surface area contributed by atoms with Crippen LogP contribution in [0.4, 0.5) is 11.8 Å². The molecule has 3 aromatic heterocycles. The first-order valence-corrected chi connectivity index (χ1v) is 13.1. The fourth-order valence-corrected chi connectivity index (χ4v) is 5.00. The molecule has 1 fully saturated rings. The van der Waals surface area contributed by atoms with Crippen molar-refractivity contribution in [1.82, 2.24) is 35.0 Å². The van der Waals surface area contributed by atoms with Gasteiger partial charge in [0.1, 0.15) is 11.3 Å². The van der Waals surface area contributed by atoms with Crippen molar-refractivity contribution in [2.24, 2.45) is 0 Å². The molecule has 5 N–H and O–H groups in total. The van der Waals surface area contributed by atoms with Crippen molar-refractivity contribution in [2.75, 3.05) is 23.7 Å². The molecule has 5 rings (SSSR count). The largest absolute Gasteiger partial charge is 0.384 e. The number of halogens is 1. The van der Waals surface area contributed by atoms with Crippen molar-refractivity contribution >= 4 is 34.5 Å². The minimum absolute atomic E-state index is 0.205. The lowest BCUT2D eigenvalue weighted by Gasteiger charge is -2.24. The molecule has 1 aromatic carbocycles. The third kappa shape index (κ3) is 5.27. The molecule has 0 saturated carbocycles. The number of fused-ring (bicyclic) bond motifs is 1. The number of H-pyrrole nitrogens is 1. The minimum atomic E-state index is -1.11. The Kier molecular flexibility index (Phi) is 7.06. The van der Waals surface area contributed by atoms with Crippen LogP contribution in [0.15, 0.2) is 30.7 Å². The summed E-state index contributed by atoms with van der Waals surface area (Å²) in [6.07, 6.45) is 5.64. The van der Waals surface area contributed by atoms with Crippen LogP contribution >= 0.6 is 11.6 Å². The number of piperidine rings is 1. The Balaban J connectivity index is 1.51. The van der Waals surface area contributed by atoms with Gasteiger partial charge < -0.3 is 25.6 Å². The van der Waals surface area contributed by atoms with Crippen LogP contribution in [0, 0.1) is 0 Å². The van der Waals surface area contributed by atoms with Gasteiger partial charge in [0.15, 0.2) is 17.0 Å². The normalized spacial score (nSPS) is 15.0. The first kappa shape index (κ1) is 25.4. The predicted octanol–water partition coefficient (Wildman–Crippen LogP) is 4.45. The second-order valence-electron chi connectivity index (χ2n) is 10.3. The van der Waals surface area contributed by atoms with Gasteiger partial charge in [-0.2, -0.15) is 15.1 Å². The smallest absolute Gasteiger partial charge is 0.227 e. The van der Waals surface area contributed by atoms with Gasteiger partial charge in [-0.15, -0.1) is 0 Å². The van der Waals surface area contributed by atoms with Crippen LogP contribution in [0.3, 0.4) is 0 Å². The van der Waals surface area contributed by atoms with E-state index in [0.29, 0.717) is 40.6 Å². The molecule has 0 unspecified atom stereocenters. The standard InChI is InChI=1S/C26H34ClN9O/c1-15(2)36-14-30-21-23(33-25(34-24(21)36)32-16-8-10-28-11-9-16)29-12-18-17(6-5-7-20(18)27)19-13-31-35-22(19)26(3,4)37/h5-7,13-16,28,37H,8-12H2,1-4H3,(H,31,35)(H2,29,32,33,34). The molecule has 1 saturated heterocycles. The summed E-state index contributed by atoms with van der Waals surface area (Å²) in [5.74, 6) is 1.23. The first-order valence-electron chi connectivity index (χ1n) is 12.7. The van der Waals surface area contributed by atoms with E-state index < -0.39 is 5.60 Å². The molecular weight excluding hydrogens is 490 g/mol. The van der Waals surface area contributed by atoms with Crippen LogP contribution in [0.2, 0.25) is 5.02 Å². The average Bonchev–Trinajstić information content (AvgIpc) is 3.51. The van der Waals surface area contributed by atoms with Crippen LogP contribution in [0.5, 0.6) is 0 Å². The molecule has 0 spiro atoms. The third-order valence-electron chi connectivity index (χ3n) is 6.71. The van der Waals surface area contributed by atoms with E-state index >= 15 is 0 Å². The molecule has 10 nitrogen and oxygen atoms in total. The fraction of sp³-hybridized carbons (Fsp3) is 0.462. The Bertz CT molecular complexity index is 1380. The van der Waals surface area contributed by atoms with Crippen molar-refractivity contribution in [3.05, 3.63) is 47.0 Å². The van der Waals surface area contributed by atoms with E-state index in [-0.39, 0.29) is 6.04 Å². The molecule has 196 valence electrons. The van der Waals surface area contributed by atoms with Crippen LogP contribution in [0.1, 0.15) is 57.8 Å². The number of anilines is 2. The zero-order valence-electron chi connectivity index (χ0n) is 21.6. The Morgan fingerprint density at radius 2 is 1.97 bits per heavy atom. The molecule has 11 heteroatoms. The molecular formula is C26H34ClN9O. The Hall–Kier alpha value is -3.21. The van der Waals surface area contributed by atoms with Gasteiger partial charge in [-0.3, -0.25) is 5.10 Å². The highest BCUT2D eigenvalue weighted by Crippen LogP contribution is 2.35. The van der Waals surface area contributed by atoms with Gasteiger partial charge in [0, 0.05) is 35.4 Å². The highest BCUT2D eigenvalue weighted by Gasteiger charge is 2.26. The van der Waals surface area contributed by atoms with E-state index in [1.54, 1.807) is 20.0 Å². The maximum absolute atomic E-state index is 10.6. The minimum Gasteiger partial charge on any atom is -0.384 e. The molecule has 4 aromatic rings. The van der Waals surface area contributed by atoms with E-state index in [1.165, 1.54) is 0 Å². The highest BCUT2D eigenvalue weighted by molar-refractivity contribution is 6.31. The second kappa shape index (κ2) is 10.3. The second-order valence-corrected chi connectivity index (χ2v) is 10.7. The number of nitrogens with one attached hydrogen (secondary N) is 4. The van der Waals surface area contributed by atoms with Gasteiger partial charge in [-0.1, -0.05) is 23.7 Å². The van der Waals surface area contributed by atoms with Crippen molar-refractivity contribution in [3.8, 4) is 11.1 Å². The lowest BCUT2D eigenvalue weighted by Crippen LogP contribution is -2.35. The number of rotatable bonds is 8. The number of benzene rings is 1. The van der Waals surface area contributed by atoms with Gasteiger partial charge in [-0.25, -0.2) is 4.98 Å².